The van der Waals surface area contributed by atoms with E-state index in [-0.39, 0.29) is 5.91 Å². The Labute approximate surface area is 170 Å². The summed E-state index contributed by atoms with van der Waals surface area (Å²) >= 11 is 0. The van der Waals surface area contributed by atoms with Crippen molar-refractivity contribution in [3.05, 3.63) is 53.2 Å². The first-order chi connectivity index (χ1) is 14.1. The van der Waals surface area contributed by atoms with Gasteiger partial charge in [0.15, 0.2) is 11.5 Å². The van der Waals surface area contributed by atoms with Gasteiger partial charge in [0.2, 0.25) is 0 Å². The first-order valence-electron chi connectivity index (χ1n) is 9.11. The fourth-order valence-electron chi connectivity index (χ4n) is 3.00. The number of hydrogen-bond donors (Lipinski definition) is 1. The van der Waals surface area contributed by atoms with E-state index in [9.17, 15) is 4.79 Å². The van der Waals surface area contributed by atoms with Gasteiger partial charge in [-0.3, -0.25) is 4.79 Å². The summed E-state index contributed by atoms with van der Waals surface area (Å²) in [7, 11) is 6.30. The van der Waals surface area contributed by atoms with Gasteiger partial charge in [0.25, 0.3) is 5.91 Å². The molecule has 3 rings (SSSR count). The van der Waals surface area contributed by atoms with Crippen molar-refractivity contribution in [2.75, 3.05) is 28.4 Å². The molecular formula is C22H24N2O5. The third-order valence-electron chi connectivity index (χ3n) is 4.58. The number of aryl methyl sites for hydroxylation is 1. The molecule has 1 aliphatic heterocycles. The highest BCUT2D eigenvalue weighted by Crippen LogP contribution is 2.36. The fourth-order valence-corrected chi connectivity index (χ4v) is 3.00. The van der Waals surface area contributed by atoms with Gasteiger partial charge in [0, 0.05) is 18.1 Å². The van der Waals surface area contributed by atoms with E-state index in [0.717, 1.165) is 17.7 Å². The number of carbonyl (C=O) groups is 1. The van der Waals surface area contributed by atoms with Gasteiger partial charge < -0.3 is 24.3 Å². The average Bonchev–Trinajstić information content (AvgIpc) is 3.11. The number of ether oxygens (including phenoxy) is 4. The zero-order chi connectivity index (χ0) is 20.8. The summed E-state index contributed by atoms with van der Waals surface area (Å²) in [5.41, 5.74) is 2.14. The Morgan fingerprint density at radius 2 is 1.52 bits per heavy atom. The van der Waals surface area contributed by atoms with Crippen LogP contribution in [0.4, 0.5) is 0 Å². The Morgan fingerprint density at radius 1 is 0.862 bits per heavy atom. The average molecular weight is 396 g/mol. The van der Waals surface area contributed by atoms with E-state index in [1.54, 1.807) is 46.6 Å². The zero-order valence-electron chi connectivity index (χ0n) is 16.9. The summed E-state index contributed by atoms with van der Waals surface area (Å²) in [6.45, 7) is 0. The van der Waals surface area contributed by atoms with Crippen molar-refractivity contribution in [3.63, 3.8) is 0 Å². The number of nitrogens with one attached hydrogen (secondary N) is 1. The van der Waals surface area contributed by atoms with Crippen molar-refractivity contribution in [3.8, 4) is 23.0 Å². The molecule has 0 radical (unpaired) electrons. The third-order valence-corrected chi connectivity index (χ3v) is 4.58. The van der Waals surface area contributed by atoms with Gasteiger partial charge in [0.05, 0.1) is 28.4 Å². The molecular weight excluding hydrogens is 372 g/mol. The number of benzene rings is 2. The van der Waals surface area contributed by atoms with Crippen molar-refractivity contribution in [2.45, 2.75) is 12.8 Å². The maximum Gasteiger partial charge on any atom is 0.275 e. The standard InChI is InChI=1S/C22H24N2O5/c1-26-16-8-5-14(6-9-16)7-10-21-23-17(22(25)24-21)11-15-12-19(28-3)20(29-4)13-18(15)27-2/h5-6,8-9,11-13H,7,10H2,1-4H3,(H,23,24,25)/b17-11-. The minimum atomic E-state index is -0.244. The van der Waals surface area contributed by atoms with E-state index in [2.05, 4.69) is 10.3 Å². The van der Waals surface area contributed by atoms with Gasteiger partial charge in [-0.2, -0.15) is 0 Å². The van der Waals surface area contributed by atoms with Gasteiger partial charge in [-0.1, -0.05) is 12.1 Å². The number of rotatable bonds is 8. The summed E-state index contributed by atoms with van der Waals surface area (Å²) in [6.07, 6.45) is 3.06. The SMILES string of the molecule is COc1ccc(CCC2=N/C(=C\c3cc(OC)c(OC)cc3OC)C(=O)N2)cc1. The molecule has 152 valence electrons. The highest BCUT2D eigenvalue weighted by molar-refractivity contribution is 6.14. The van der Waals surface area contributed by atoms with Crippen molar-refractivity contribution in [1.82, 2.24) is 5.32 Å². The summed E-state index contributed by atoms with van der Waals surface area (Å²) in [5.74, 6) is 2.86. The molecule has 0 spiro atoms. The van der Waals surface area contributed by atoms with Crippen LogP contribution in [0.3, 0.4) is 0 Å². The van der Waals surface area contributed by atoms with Crippen LogP contribution in [-0.4, -0.2) is 40.2 Å². The lowest BCUT2D eigenvalue weighted by Gasteiger charge is -2.12. The fraction of sp³-hybridized carbons (Fsp3) is 0.273. The van der Waals surface area contributed by atoms with Crippen molar-refractivity contribution in [1.29, 1.82) is 0 Å². The number of methoxy groups -OCH3 is 4. The van der Waals surface area contributed by atoms with Crippen LogP contribution in [0.25, 0.3) is 6.08 Å². The van der Waals surface area contributed by atoms with Crippen LogP contribution in [0.15, 0.2) is 47.1 Å². The molecule has 1 heterocycles. The molecule has 29 heavy (non-hydrogen) atoms. The third kappa shape index (κ3) is 4.68. The molecule has 0 atom stereocenters. The maximum atomic E-state index is 12.4. The van der Waals surface area contributed by atoms with Gasteiger partial charge in [-0.25, -0.2) is 4.99 Å². The normalized spacial score (nSPS) is 14.4. The Balaban J connectivity index is 1.79. The summed E-state index contributed by atoms with van der Waals surface area (Å²) in [6, 6.07) is 11.3. The predicted octanol–water partition coefficient (Wildman–Crippen LogP) is 3.22. The smallest absolute Gasteiger partial charge is 0.275 e. The van der Waals surface area contributed by atoms with Crippen LogP contribution in [-0.2, 0) is 11.2 Å². The molecule has 1 N–H and O–H groups in total. The van der Waals surface area contributed by atoms with Crippen LogP contribution < -0.4 is 24.3 Å². The van der Waals surface area contributed by atoms with Crippen molar-refractivity contribution < 1.29 is 23.7 Å². The molecule has 0 bridgehead atoms. The van der Waals surface area contributed by atoms with Crippen LogP contribution in [0.2, 0.25) is 0 Å². The Kier molecular flexibility index (Phi) is 6.39. The topological polar surface area (TPSA) is 78.4 Å². The molecule has 0 saturated carbocycles. The second-order valence-electron chi connectivity index (χ2n) is 6.34. The number of carbonyl (C=O) groups excluding carboxylic acids is 1. The number of aliphatic imine (C=N–C) groups is 1. The van der Waals surface area contributed by atoms with Gasteiger partial charge in [0.1, 0.15) is 23.0 Å². The molecule has 7 heteroatoms. The Hall–Kier alpha value is -3.48. The summed E-state index contributed by atoms with van der Waals surface area (Å²) in [5, 5.41) is 2.83. The van der Waals surface area contributed by atoms with Crippen LogP contribution in [0.5, 0.6) is 23.0 Å². The number of amides is 1. The minimum absolute atomic E-state index is 0.244. The molecule has 1 aliphatic rings. The molecule has 0 aromatic heterocycles. The molecule has 1 amide bonds. The zero-order valence-corrected chi connectivity index (χ0v) is 16.9. The predicted molar refractivity (Wildman–Crippen MR) is 111 cm³/mol. The maximum absolute atomic E-state index is 12.4. The second kappa shape index (κ2) is 9.14. The van der Waals surface area contributed by atoms with Crippen LogP contribution >= 0.6 is 0 Å². The summed E-state index contributed by atoms with van der Waals surface area (Å²) in [4.78, 5) is 16.8. The number of hydrogen-bond acceptors (Lipinski definition) is 6. The van der Waals surface area contributed by atoms with E-state index in [0.29, 0.717) is 40.8 Å². The number of amidine groups is 1. The first-order valence-corrected chi connectivity index (χ1v) is 9.11. The monoisotopic (exact) mass is 396 g/mol. The van der Waals surface area contributed by atoms with Crippen molar-refractivity contribution in [2.24, 2.45) is 4.99 Å². The van der Waals surface area contributed by atoms with Crippen LogP contribution in [0, 0.1) is 0 Å². The van der Waals surface area contributed by atoms with Crippen molar-refractivity contribution >= 4 is 17.8 Å². The first kappa shape index (κ1) is 20.3. The van der Waals surface area contributed by atoms with E-state index in [1.165, 1.54) is 0 Å². The summed E-state index contributed by atoms with van der Waals surface area (Å²) < 4.78 is 21.2. The Bertz CT molecular complexity index is 948. The molecule has 2 aromatic carbocycles. The lowest BCUT2D eigenvalue weighted by atomic mass is 10.1. The molecule has 2 aromatic rings. The Morgan fingerprint density at radius 3 is 2.14 bits per heavy atom. The molecule has 0 fully saturated rings. The van der Waals surface area contributed by atoms with E-state index in [1.807, 2.05) is 24.3 Å². The van der Waals surface area contributed by atoms with Gasteiger partial charge >= 0.3 is 0 Å². The lowest BCUT2D eigenvalue weighted by molar-refractivity contribution is -0.115. The van der Waals surface area contributed by atoms with E-state index < -0.39 is 0 Å². The van der Waals surface area contributed by atoms with Crippen LogP contribution in [0.1, 0.15) is 17.5 Å². The molecule has 7 nitrogen and oxygen atoms in total. The van der Waals surface area contributed by atoms with Gasteiger partial charge in [-0.05, 0) is 36.3 Å². The lowest BCUT2D eigenvalue weighted by Crippen LogP contribution is -2.24. The highest BCUT2D eigenvalue weighted by Gasteiger charge is 2.21. The largest absolute Gasteiger partial charge is 0.497 e. The van der Waals surface area contributed by atoms with E-state index in [4.69, 9.17) is 18.9 Å². The molecule has 0 aliphatic carbocycles. The molecule has 0 unspecified atom stereocenters. The number of nitrogens with zero attached hydrogens (tertiary/aromatic N) is 1. The molecule has 0 saturated heterocycles. The second-order valence-corrected chi connectivity index (χ2v) is 6.34. The van der Waals surface area contributed by atoms with Gasteiger partial charge in [-0.15, -0.1) is 0 Å². The minimum Gasteiger partial charge on any atom is -0.497 e. The highest BCUT2D eigenvalue weighted by atomic mass is 16.5. The quantitative estimate of drug-likeness (QED) is 0.693. The van der Waals surface area contributed by atoms with E-state index >= 15 is 0 Å².